The highest BCUT2D eigenvalue weighted by molar-refractivity contribution is 5.95. The molecule has 0 saturated heterocycles. The molecule has 0 fully saturated rings. The van der Waals surface area contributed by atoms with Crippen molar-refractivity contribution in [1.29, 1.82) is 0 Å². The SMILES string of the molecule is Cc1ccc2nc(C(F)(F)F)c(C(=O)NCc3cccnc3)n2c1. The number of rotatable bonds is 3. The van der Waals surface area contributed by atoms with Crippen LogP contribution < -0.4 is 5.32 Å². The molecule has 3 aromatic rings. The lowest BCUT2D eigenvalue weighted by molar-refractivity contribution is -0.141. The number of aryl methyl sites for hydroxylation is 1. The van der Waals surface area contributed by atoms with Crippen LogP contribution in [0.5, 0.6) is 0 Å². The Balaban J connectivity index is 2.00. The van der Waals surface area contributed by atoms with Crippen molar-refractivity contribution < 1.29 is 18.0 Å². The summed E-state index contributed by atoms with van der Waals surface area (Å²) in [5.74, 6) is -0.843. The summed E-state index contributed by atoms with van der Waals surface area (Å²) in [5.41, 5.74) is -0.249. The second-order valence-electron chi connectivity index (χ2n) is 5.29. The van der Waals surface area contributed by atoms with Gasteiger partial charge in [0.05, 0.1) is 0 Å². The molecule has 3 aromatic heterocycles. The summed E-state index contributed by atoms with van der Waals surface area (Å²) in [7, 11) is 0. The van der Waals surface area contributed by atoms with E-state index in [0.29, 0.717) is 5.56 Å². The van der Waals surface area contributed by atoms with E-state index < -0.39 is 23.5 Å². The fraction of sp³-hybridized carbons (Fsp3) is 0.188. The summed E-state index contributed by atoms with van der Waals surface area (Å²) >= 11 is 0. The molecule has 0 unspecified atom stereocenters. The van der Waals surface area contributed by atoms with Crippen molar-refractivity contribution in [3.63, 3.8) is 0 Å². The van der Waals surface area contributed by atoms with Crippen LogP contribution in [0.15, 0.2) is 42.9 Å². The highest BCUT2D eigenvalue weighted by atomic mass is 19.4. The van der Waals surface area contributed by atoms with E-state index in [1.54, 1.807) is 31.3 Å². The van der Waals surface area contributed by atoms with Crippen LogP contribution in [0.4, 0.5) is 13.2 Å². The van der Waals surface area contributed by atoms with Crippen molar-refractivity contribution in [2.24, 2.45) is 0 Å². The predicted octanol–water partition coefficient (Wildman–Crippen LogP) is 2.99. The number of fused-ring (bicyclic) bond motifs is 1. The first-order valence-electron chi connectivity index (χ1n) is 7.09. The van der Waals surface area contributed by atoms with Crippen molar-refractivity contribution in [1.82, 2.24) is 19.7 Å². The number of amides is 1. The average Bonchev–Trinajstić information content (AvgIpc) is 2.92. The Morgan fingerprint density at radius 2 is 2.08 bits per heavy atom. The van der Waals surface area contributed by atoms with Crippen LogP contribution in [-0.4, -0.2) is 20.3 Å². The summed E-state index contributed by atoms with van der Waals surface area (Å²) in [6.45, 7) is 1.80. The van der Waals surface area contributed by atoms with Crippen molar-refractivity contribution in [3.05, 3.63) is 65.4 Å². The molecule has 5 nitrogen and oxygen atoms in total. The van der Waals surface area contributed by atoms with Crippen LogP contribution in [0, 0.1) is 6.92 Å². The largest absolute Gasteiger partial charge is 0.435 e. The van der Waals surface area contributed by atoms with Gasteiger partial charge in [0.2, 0.25) is 0 Å². The molecule has 0 aliphatic heterocycles. The molecule has 24 heavy (non-hydrogen) atoms. The zero-order valence-electron chi connectivity index (χ0n) is 12.6. The molecule has 1 N–H and O–H groups in total. The van der Waals surface area contributed by atoms with Gasteiger partial charge >= 0.3 is 6.18 Å². The topological polar surface area (TPSA) is 59.3 Å². The highest BCUT2D eigenvalue weighted by Gasteiger charge is 2.40. The number of pyridine rings is 2. The maximum absolute atomic E-state index is 13.2. The Bertz CT molecular complexity index is 887. The Morgan fingerprint density at radius 3 is 2.75 bits per heavy atom. The Labute approximate surface area is 135 Å². The number of alkyl halides is 3. The van der Waals surface area contributed by atoms with Crippen LogP contribution in [0.2, 0.25) is 0 Å². The molecule has 3 rings (SSSR count). The molecule has 0 spiro atoms. The van der Waals surface area contributed by atoms with Gasteiger partial charge in [0, 0.05) is 25.1 Å². The van der Waals surface area contributed by atoms with Crippen LogP contribution >= 0.6 is 0 Å². The number of hydrogen-bond acceptors (Lipinski definition) is 3. The first kappa shape index (κ1) is 16.0. The van der Waals surface area contributed by atoms with Gasteiger partial charge in [-0.3, -0.25) is 14.2 Å². The van der Waals surface area contributed by atoms with Crippen LogP contribution in [-0.2, 0) is 12.7 Å². The van der Waals surface area contributed by atoms with E-state index >= 15 is 0 Å². The molecule has 8 heteroatoms. The molecule has 0 aliphatic carbocycles. The quantitative estimate of drug-likeness (QED) is 0.801. The minimum absolute atomic E-state index is 0.0689. The third-order valence-electron chi connectivity index (χ3n) is 3.43. The Hall–Kier alpha value is -2.90. The lowest BCUT2D eigenvalue weighted by atomic mass is 10.2. The fourth-order valence-corrected chi connectivity index (χ4v) is 2.33. The van der Waals surface area contributed by atoms with Gasteiger partial charge in [0.15, 0.2) is 5.69 Å². The van der Waals surface area contributed by atoms with Gasteiger partial charge in [0.25, 0.3) is 5.91 Å². The summed E-state index contributed by atoms with van der Waals surface area (Å²) in [6, 6.07) is 6.49. The third-order valence-corrected chi connectivity index (χ3v) is 3.43. The van der Waals surface area contributed by atoms with E-state index in [9.17, 15) is 18.0 Å². The minimum Gasteiger partial charge on any atom is -0.347 e. The van der Waals surface area contributed by atoms with E-state index in [0.717, 1.165) is 9.96 Å². The summed E-state index contributed by atoms with van der Waals surface area (Å²) < 4.78 is 40.9. The second-order valence-corrected chi connectivity index (χ2v) is 5.29. The number of imidazole rings is 1. The Kier molecular flexibility index (Phi) is 3.96. The third kappa shape index (κ3) is 3.08. The van der Waals surface area contributed by atoms with Crippen LogP contribution in [0.3, 0.4) is 0 Å². The lowest BCUT2D eigenvalue weighted by Crippen LogP contribution is -2.27. The zero-order chi connectivity index (χ0) is 17.3. The van der Waals surface area contributed by atoms with Gasteiger partial charge in [-0.1, -0.05) is 12.1 Å². The van der Waals surface area contributed by atoms with Gasteiger partial charge in [-0.15, -0.1) is 0 Å². The van der Waals surface area contributed by atoms with Gasteiger partial charge in [-0.05, 0) is 30.2 Å². The molecule has 0 saturated carbocycles. The molecule has 0 atom stereocenters. The number of nitrogens with zero attached hydrogens (tertiary/aromatic N) is 3. The number of carbonyl (C=O) groups excluding carboxylic acids is 1. The molecule has 0 bridgehead atoms. The maximum Gasteiger partial charge on any atom is 0.435 e. The van der Waals surface area contributed by atoms with Gasteiger partial charge in [-0.25, -0.2) is 4.98 Å². The van der Waals surface area contributed by atoms with E-state index in [2.05, 4.69) is 15.3 Å². The molecular weight excluding hydrogens is 321 g/mol. The van der Waals surface area contributed by atoms with Gasteiger partial charge < -0.3 is 5.32 Å². The van der Waals surface area contributed by atoms with E-state index in [-0.39, 0.29) is 12.2 Å². The molecular formula is C16H13F3N4O. The number of aromatic nitrogens is 3. The zero-order valence-corrected chi connectivity index (χ0v) is 12.6. The number of nitrogens with one attached hydrogen (secondary N) is 1. The molecule has 0 aromatic carbocycles. The summed E-state index contributed by atoms with van der Waals surface area (Å²) in [4.78, 5) is 19.8. The maximum atomic E-state index is 13.2. The van der Waals surface area contributed by atoms with E-state index in [1.807, 2.05) is 0 Å². The van der Waals surface area contributed by atoms with Gasteiger partial charge in [-0.2, -0.15) is 13.2 Å². The molecule has 124 valence electrons. The van der Waals surface area contributed by atoms with Crippen LogP contribution in [0.1, 0.15) is 27.3 Å². The standard InChI is InChI=1S/C16H13F3N4O/c1-10-4-5-12-22-14(16(17,18)19)13(23(12)9-10)15(24)21-8-11-3-2-6-20-7-11/h2-7,9H,8H2,1H3,(H,21,24). The minimum atomic E-state index is -4.72. The fourth-order valence-electron chi connectivity index (χ4n) is 2.33. The molecule has 1 amide bonds. The lowest BCUT2D eigenvalue weighted by Gasteiger charge is -2.09. The van der Waals surface area contributed by atoms with Crippen molar-refractivity contribution in [3.8, 4) is 0 Å². The molecule has 3 heterocycles. The van der Waals surface area contributed by atoms with Crippen LogP contribution in [0.25, 0.3) is 5.65 Å². The predicted molar refractivity (Wildman–Crippen MR) is 80.3 cm³/mol. The number of hydrogen-bond donors (Lipinski definition) is 1. The normalized spacial score (nSPS) is 11.7. The van der Waals surface area contributed by atoms with Crippen molar-refractivity contribution in [2.45, 2.75) is 19.6 Å². The average molecular weight is 334 g/mol. The van der Waals surface area contributed by atoms with E-state index in [1.165, 1.54) is 18.5 Å². The summed E-state index contributed by atoms with van der Waals surface area (Å²) in [6.07, 6.45) is -0.165. The van der Waals surface area contributed by atoms with Gasteiger partial charge in [0.1, 0.15) is 11.3 Å². The monoisotopic (exact) mass is 334 g/mol. The molecule has 0 radical (unpaired) electrons. The molecule has 0 aliphatic rings. The van der Waals surface area contributed by atoms with E-state index in [4.69, 9.17) is 0 Å². The first-order chi connectivity index (χ1) is 11.4. The van der Waals surface area contributed by atoms with Crippen molar-refractivity contribution in [2.75, 3.05) is 0 Å². The number of carbonyl (C=O) groups is 1. The summed E-state index contributed by atoms with van der Waals surface area (Å²) in [5, 5.41) is 2.49. The first-order valence-corrected chi connectivity index (χ1v) is 7.09. The second kappa shape index (κ2) is 5.95. The highest BCUT2D eigenvalue weighted by Crippen LogP contribution is 2.32. The number of halogens is 3. The Morgan fingerprint density at radius 1 is 1.29 bits per heavy atom. The van der Waals surface area contributed by atoms with Crippen molar-refractivity contribution >= 4 is 11.6 Å². The smallest absolute Gasteiger partial charge is 0.347 e.